The van der Waals surface area contributed by atoms with Crippen molar-refractivity contribution >= 4 is 35.0 Å². The number of rotatable bonds is 10. The minimum atomic E-state index is -0.634. The highest BCUT2D eigenvalue weighted by Crippen LogP contribution is 2.40. The molecule has 0 saturated carbocycles. The van der Waals surface area contributed by atoms with E-state index in [0.717, 1.165) is 28.1 Å². The van der Waals surface area contributed by atoms with Crippen LogP contribution in [-0.4, -0.2) is 34.9 Å². The molecule has 9 heteroatoms. The number of thioether (sulfide) groups is 1. The summed E-state index contributed by atoms with van der Waals surface area (Å²) in [7, 11) is 3.19. The summed E-state index contributed by atoms with van der Waals surface area (Å²) in [4.78, 5) is 13.9. The van der Waals surface area contributed by atoms with Gasteiger partial charge in [-0.3, -0.25) is 9.36 Å². The lowest BCUT2D eigenvalue weighted by molar-refractivity contribution is -0.115. The van der Waals surface area contributed by atoms with Gasteiger partial charge in [-0.2, -0.15) is 0 Å². The molecular formula is C33H31ClN4O3S. The van der Waals surface area contributed by atoms with E-state index in [1.54, 1.807) is 32.4 Å². The molecule has 1 atom stereocenters. The van der Waals surface area contributed by atoms with Crippen LogP contribution >= 0.6 is 23.4 Å². The summed E-state index contributed by atoms with van der Waals surface area (Å²) in [5, 5.41) is 12.6. The Labute approximate surface area is 254 Å². The average Bonchev–Trinajstić information content (AvgIpc) is 3.43. The van der Waals surface area contributed by atoms with Gasteiger partial charge in [0.25, 0.3) is 0 Å². The van der Waals surface area contributed by atoms with E-state index < -0.39 is 5.25 Å². The summed E-state index contributed by atoms with van der Waals surface area (Å²) < 4.78 is 12.7. The SMILES string of the molecule is COc1ccc(-c2nnc(S[C@H](C(=O)Nc3ccc(OC)c(Cl)c3)c3ccccc3)n2-c2ccccc2C(C)C)cc1. The molecule has 214 valence electrons. The molecule has 0 aliphatic heterocycles. The third-order valence-electron chi connectivity index (χ3n) is 6.76. The van der Waals surface area contributed by atoms with E-state index in [4.69, 9.17) is 21.1 Å². The number of para-hydroxylation sites is 1. The third-order valence-corrected chi connectivity index (χ3v) is 8.26. The van der Waals surface area contributed by atoms with Crippen molar-refractivity contribution in [1.29, 1.82) is 0 Å². The van der Waals surface area contributed by atoms with E-state index in [2.05, 4.69) is 41.5 Å². The first kappa shape index (κ1) is 29.2. The van der Waals surface area contributed by atoms with Crippen molar-refractivity contribution in [3.8, 4) is 28.6 Å². The number of hydrogen-bond donors (Lipinski definition) is 1. The molecule has 1 aromatic heterocycles. The van der Waals surface area contributed by atoms with Gasteiger partial charge >= 0.3 is 0 Å². The van der Waals surface area contributed by atoms with E-state index in [-0.39, 0.29) is 11.8 Å². The van der Waals surface area contributed by atoms with Crippen LogP contribution in [0.1, 0.15) is 36.1 Å². The maximum Gasteiger partial charge on any atom is 0.242 e. The molecule has 7 nitrogen and oxygen atoms in total. The Bertz CT molecular complexity index is 1670. The van der Waals surface area contributed by atoms with Gasteiger partial charge in [0, 0.05) is 11.3 Å². The molecule has 5 aromatic rings. The summed E-state index contributed by atoms with van der Waals surface area (Å²) in [5.74, 6) is 1.99. The fraction of sp³-hybridized carbons (Fsp3) is 0.182. The molecule has 4 aromatic carbocycles. The Morgan fingerprint density at radius 1 is 0.881 bits per heavy atom. The smallest absolute Gasteiger partial charge is 0.242 e. The summed E-state index contributed by atoms with van der Waals surface area (Å²) in [6, 6.07) is 30.7. The number of carbonyl (C=O) groups is 1. The van der Waals surface area contributed by atoms with Crippen molar-refractivity contribution in [2.45, 2.75) is 30.2 Å². The summed E-state index contributed by atoms with van der Waals surface area (Å²) in [6.45, 7) is 4.31. The second-order valence-corrected chi connectivity index (χ2v) is 11.3. The highest BCUT2D eigenvalue weighted by molar-refractivity contribution is 8.00. The number of anilines is 1. The van der Waals surface area contributed by atoms with Crippen molar-refractivity contribution in [2.75, 3.05) is 19.5 Å². The van der Waals surface area contributed by atoms with Gasteiger partial charge in [0.2, 0.25) is 5.91 Å². The van der Waals surface area contributed by atoms with Crippen LogP contribution in [0.25, 0.3) is 17.1 Å². The maximum atomic E-state index is 13.9. The van der Waals surface area contributed by atoms with Crippen molar-refractivity contribution in [2.24, 2.45) is 0 Å². The number of aromatic nitrogens is 3. The van der Waals surface area contributed by atoms with Crippen molar-refractivity contribution in [3.05, 3.63) is 113 Å². The maximum absolute atomic E-state index is 13.9. The molecule has 5 rings (SSSR count). The van der Waals surface area contributed by atoms with Gasteiger partial charge in [0.05, 0.1) is 24.9 Å². The molecule has 1 amide bonds. The number of methoxy groups -OCH3 is 2. The second kappa shape index (κ2) is 13.1. The Kier molecular flexibility index (Phi) is 9.15. The summed E-state index contributed by atoms with van der Waals surface area (Å²) in [5.41, 5.74) is 4.37. The van der Waals surface area contributed by atoms with E-state index in [1.807, 2.05) is 71.3 Å². The molecule has 0 spiro atoms. The van der Waals surface area contributed by atoms with E-state index in [0.29, 0.717) is 27.4 Å². The topological polar surface area (TPSA) is 78.3 Å². The fourth-order valence-corrected chi connectivity index (χ4v) is 5.93. The van der Waals surface area contributed by atoms with Gasteiger partial charge in [0.15, 0.2) is 11.0 Å². The highest BCUT2D eigenvalue weighted by atomic mass is 35.5. The van der Waals surface area contributed by atoms with Crippen molar-refractivity contribution in [3.63, 3.8) is 0 Å². The molecule has 0 radical (unpaired) electrons. The van der Waals surface area contributed by atoms with Crippen LogP contribution < -0.4 is 14.8 Å². The van der Waals surface area contributed by atoms with Crippen LogP contribution in [0.5, 0.6) is 11.5 Å². The lowest BCUT2D eigenvalue weighted by Gasteiger charge is -2.20. The Morgan fingerprint density at radius 3 is 2.26 bits per heavy atom. The Hall–Kier alpha value is -4.27. The molecular weight excluding hydrogens is 568 g/mol. The lowest BCUT2D eigenvalue weighted by Crippen LogP contribution is -2.19. The molecule has 0 aliphatic carbocycles. The van der Waals surface area contributed by atoms with E-state index in [1.165, 1.54) is 11.8 Å². The molecule has 1 N–H and O–H groups in total. The first-order valence-electron chi connectivity index (χ1n) is 13.4. The van der Waals surface area contributed by atoms with E-state index in [9.17, 15) is 4.79 Å². The predicted octanol–water partition coefficient (Wildman–Crippen LogP) is 8.20. The largest absolute Gasteiger partial charge is 0.497 e. The van der Waals surface area contributed by atoms with Gasteiger partial charge in [-0.15, -0.1) is 10.2 Å². The number of benzene rings is 4. The first-order chi connectivity index (χ1) is 20.4. The van der Waals surface area contributed by atoms with Crippen LogP contribution in [0.4, 0.5) is 5.69 Å². The van der Waals surface area contributed by atoms with Gasteiger partial charge in [0.1, 0.15) is 16.7 Å². The highest BCUT2D eigenvalue weighted by Gasteiger charge is 2.28. The quantitative estimate of drug-likeness (QED) is 0.163. The second-order valence-electron chi connectivity index (χ2n) is 9.83. The molecule has 1 heterocycles. The van der Waals surface area contributed by atoms with Gasteiger partial charge in [-0.25, -0.2) is 0 Å². The van der Waals surface area contributed by atoms with E-state index >= 15 is 0 Å². The van der Waals surface area contributed by atoms with Crippen LogP contribution in [0.2, 0.25) is 5.02 Å². The Morgan fingerprint density at radius 2 is 1.60 bits per heavy atom. The van der Waals surface area contributed by atoms with Gasteiger partial charge in [-0.1, -0.05) is 85.7 Å². The minimum Gasteiger partial charge on any atom is -0.497 e. The molecule has 0 bridgehead atoms. The van der Waals surface area contributed by atoms with Crippen LogP contribution in [0.15, 0.2) is 102 Å². The van der Waals surface area contributed by atoms with Gasteiger partial charge < -0.3 is 14.8 Å². The molecule has 0 unspecified atom stereocenters. The molecule has 42 heavy (non-hydrogen) atoms. The predicted molar refractivity (Wildman–Crippen MR) is 169 cm³/mol. The molecule has 0 fully saturated rings. The first-order valence-corrected chi connectivity index (χ1v) is 14.7. The minimum absolute atomic E-state index is 0.217. The summed E-state index contributed by atoms with van der Waals surface area (Å²) in [6.07, 6.45) is 0. The number of hydrogen-bond acceptors (Lipinski definition) is 6. The molecule has 0 aliphatic rings. The zero-order valence-electron chi connectivity index (χ0n) is 23.7. The zero-order chi connectivity index (χ0) is 29.6. The van der Waals surface area contributed by atoms with Crippen LogP contribution in [-0.2, 0) is 4.79 Å². The number of halogens is 1. The number of ether oxygens (including phenoxy) is 2. The average molecular weight is 599 g/mol. The zero-order valence-corrected chi connectivity index (χ0v) is 25.3. The van der Waals surface area contributed by atoms with Crippen molar-refractivity contribution < 1.29 is 14.3 Å². The van der Waals surface area contributed by atoms with Crippen molar-refractivity contribution in [1.82, 2.24) is 14.8 Å². The van der Waals surface area contributed by atoms with Crippen LogP contribution in [0.3, 0.4) is 0 Å². The molecule has 0 saturated heterocycles. The number of amides is 1. The Balaban J connectivity index is 1.59. The number of nitrogens with one attached hydrogen (secondary N) is 1. The summed E-state index contributed by atoms with van der Waals surface area (Å²) >= 11 is 7.68. The number of nitrogens with zero attached hydrogens (tertiary/aromatic N) is 3. The normalized spacial score (nSPS) is 11.8. The monoisotopic (exact) mass is 598 g/mol. The third kappa shape index (κ3) is 6.30. The standard InChI is InChI=1S/C33H31ClN4O3S/c1-21(2)26-12-8-9-13-28(26)38-31(23-14-17-25(40-3)18-15-23)36-37-33(38)42-30(22-10-6-5-7-11-22)32(39)35-24-16-19-29(41-4)27(34)20-24/h5-21,30H,1-4H3,(H,35,39)/t30-/m0/s1. The fourth-order valence-electron chi connectivity index (χ4n) is 4.63. The lowest BCUT2D eigenvalue weighted by atomic mass is 10.0. The number of carbonyl (C=O) groups excluding carboxylic acids is 1. The van der Waals surface area contributed by atoms with Crippen LogP contribution in [0, 0.1) is 0 Å². The van der Waals surface area contributed by atoms with Gasteiger partial charge in [-0.05, 0) is 65.6 Å².